The van der Waals surface area contributed by atoms with Crippen molar-refractivity contribution in [3.63, 3.8) is 0 Å². The second-order valence-electron chi connectivity index (χ2n) is 12.7. The van der Waals surface area contributed by atoms with Crippen molar-refractivity contribution in [1.29, 1.82) is 0 Å². The molecule has 6 N–H and O–H groups in total. The van der Waals surface area contributed by atoms with Crippen LogP contribution in [-0.4, -0.2) is 86.9 Å². The number of likely N-dealkylation sites (N-methyl/N-ethyl adjacent to an activating group) is 1. The molecule has 266 valence electrons. The van der Waals surface area contributed by atoms with Crippen LogP contribution in [0, 0.1) is 0 Å². The van der Waals surface area contributed by atoms with E-state index in [1.165, 1.54) is 20.8 Å². The predicted octanol–water partition coefficient (Wildman–Crippen LogP) is -0.0566. The summed E-state index contributed by atoms with van der Waals surface area (Å²) in [5, 5.41) is 19.6. The van der Waals surface area contributed by atoms with Gasteiger partial charge in [0.1, 0.15) is 18.7 Å². The number of para-hydroxylation sites is 1. The van der Waals surface area contributed by atoms with Gasteiger partial charge in [-0.05, 0) is 58.2 Å². The maximum absolute atomic E-state index is 13.7. The van der Waals surface area contributed by atoms with Gasteiger partial charge in [0.15, 0.2) is 5.60 Å². The van der Waals surface area contributed by atoms with Gasteiger partial charge in [-0.3, -0.25) is 24.0 Å². The molecule has 3 aromatic rings. The molecule has 0 bridgehead atoms. The molecular weight excluding hydrogens is 646 g/mol. The molecule has 5 rings (SSSR count). The Bertz CT molecular complexity index is 1940. The van der Waals surface area contributed by atoms with Crippen molar-refractivity contribution in [2.75, 3.05) is 19.6 Å². The van der Waals surface area contributed by atoms with Gasteiger partial charge in [0.2, 0.25) is 23.6 Å². The van der Waals surface area contributed by atoms with E-state index in [1.807, 2.05) is 31.2 Å². The third-order valence-corrected chi connectivity index (χ3v) is 9.41. The van der Waals surface area contributed by atoms with E-state index in [-0.39, 0.29) is 48.7 Å². The van der Waals surface area contributed by atoms with Gasteiger partial charge in [-0.1, -0.05) is 25.1 Å². The first-order valence-electron chi connectivity index (χ1n) is 16.7. The van der Waals surface area contributed by atoms with Crippen molar-refractivity contribution in [3.8, 4) is 11.4 Å². The molecule has 0 saturated heterocycles. The molecule has 50 heavy (non-hydrogen) atoms. The van der Waals surface area contributed by atoms with E-state index in [0.29, 0.717) is 36.4 Å². The number of hydrogen-bond acceptors (Lipinski definition) is 10. The topological polar surface area (TPSA) is 215 Å². The van der Waals surface area contributed by atoms with E-state index < -0.39 is 47.4 Å². The fourth-order valence-electron chi connectivity index (χ4n) is 6.35. The Hall–Kier alpha value is -5.15. The molecule has 0 fully saturated rings. The summed E-state index contributed by atoms with van der Waals surface area (Å²) < 4.78 is 6.77. The summed E-state index contributed by atoms with van der Waals surface area (Å²) in [6.07, 6.45) is 0.451. The molecule has 2 aliphatic heterocycles. The average molecular weight is 690 g/mol. The van der Waals surface area contributed by atoms with Gasteiger partial charge in [-0.15, -0.1) is 0 Å². The lowest BCUT2D eigenvalue weighted by molar-refractivity contribution is -0.172. The third-order valence-electron chi connectivity index (χ3n) is 9.41. The summed E-state index contributed by atoms with van der Waals surface area (Å²) in [6.45, 7) is 8.26. The van der Waals surface area contributed by atoms with E-state index in [2.05, 4.69) is 16.0 Å². The van der Waals surface area contributed by atoms with Crippen molar-refractivity contribution in [1.82, 2.24) is 30.4 Å². The van der Waals surface area contributed by atoms with E-state index in [1.54, 1.807) is 22.5 Å². The highest BCUT2D eigenvalue weighted by Gasteiger charge is 2.45. The summed E-state index contributed by atoms with van der Waals surface area (Å²) in [7, 11) is 0. The molecule has 0 spiro atoms. The molecule has 0 aliphatic carbocycles. The lowest BCUT2D eigenvalue weighted by Gasteiger charge is -2.31. The number of fused-ring (bicyclic) bond motifs is 5. The van der Waals surface area contributed by atoms with Gasteiger partial charge >= 0.3 is 5.97 Å². The van der Waals surface area contributed by atoms with Crippen molar-refractivity contribution in [2.45, 2.75) is 84.3 Å². The quantitative estimate of drug-likeness (QED) is 0.125. The summed E-state index contributed by atoms with van der Waals surface area (Å²) in [5.41, 5.74) is 7.16. The Balaban J connectivity index is 1.32. The maximum Gasteiger partial charge on any atom is 0.343 e. The third kappa shape index (κ3) is 6.70. The minimum Gasteiger partial charge on any atom is -0.458 e. The van der Waals surface area contributed by atoms with Gasteiger partial charge in [0, 0.05) is 29.6 Å². The second kappa shape index (κ2) is 14.4. The Kier molecular flexibility index (Phi) is 10.4. The van der Waals surface area contributed by atoms with Crippen LogP contribution in [-0.2, 0) is 53.9 Å². The number of aliphatic hydroxyl groups is 1. The van der Waals surface area contributed by atoms with Crippen LogP contribution >= 0.6 is 0 Å². The molecule has 15 nitrogen and oxygen atoms in total. The van der Waals surface area contributed by atoms with Crippen LogP contribution in [0.15, 0.2) is 35.1 Å². The zero-order chi connectivity index (χ0) is 36.5. The van der Waals surface area contributed by atoms with Crippen molar-refractivity contribution < 1.29 is 33.8 Å². The number of esters is 1. The fourth-order valence-corrected chi connectivity index (χ4v) is 6.35. The highest BCUT2D eigenvalue weighted by atomic mass is 16.6. The number of carbonyl (C=O) groups is 5. The number of amides is 4. The standard InChI is InChI=1S/C35H43N7O8/c1-6-35(49)25-14-27-29-23(16-42(27)33(47)24(25)17-50-34(35)48)21(22-10-8-9-11-26(22)40-29)12-13-41(7-2)28(43)15-37-31(45)19(4)39-32(46)20(5)38-30(44)18(3)36/h8-11,14,18-20,49H,6-7,12-13,15-17,36H2,1-5H3,(H,37,45)(H,38,44)(H,39,46)/t18-,19-,20-,35-/m0/s1. The molecule has 4 amide bonds. The first-order chi connectivity index (χ1) is 23.7. The van der Waals surface area contributed by atoms with Gasteiger partial charge in [0.05, 0.1) is 41.6 Å². The zero-order valence-corrected chi connectivity index (χ0v) is 28.8. The van der Waals surface area contributed by atoms with E-state index in [9.17, 15) is 33.9 Å². The van der Waals surface area contributed by atoms with Crippen LogP contribution in [0.2, 0.25) is 0 Å². The normalized spacial score (nSPS) is 17.8. The number of nitrogens with zero attached hydrogens (tertiary/aromatic N) is 3. The van der Waals surface area contributed by atoms with Crippen molar-refractivity contribution in [2.24, 2.45) is 5.73 Å². The smallest absolute Gasteiger partial charge is 0.343 e. The largest absolute Gasteiger partial charge is 0.458 e. The molecule has 1 aromatic carbocycles. The summed E-state index contributed by atoms with van der Waals surface area (Å²) in [4.78, 5) is 83.0. The first kappa shape index (κ1) is 36.1. The minimum absolute atomic E-state index is 0.0351. The van der Waals surface area contributed by atoms with E-state index >= 15 is 0 Å². The van der Waals surface area contributed by atoms with Crippen LogP contribution in [0.1, 0.15) is 63.3 Å². The van der Waals surface area contributed by atoms with Crippen molar-refractivity contribution >= 4 is 40.5 Å². The molecule has 2 aromatic heterocycles. The molecule has 0 saturated carbocycles. The van der Waals surface area contributed by atoms with Gasteiger partial charge in [0.25, 0.3) is 5.56 Å². The van der Waals surface area contributed by atoms with Crippen LogP contribution in [0.4, 0.5) is 0 Å². The molecule has 0 unspecified atom stereocenters. The first-order valence-corrected chi connectivity index (χ1v) is 16.7. The fraction of sp³-hybridized carbons (Fsp3) is 0.457. The van der Waals surface area contributed by atoms with Gasteiger partial charge < -0.3 is 41.0 Å². The maximum atomic E-state index is 13.7. The average Bonchev–Trinajstić information content (AvgIpc) is 3.47. The number of hydrogen-bond donors (Lipinski definition) is 5. The van der Waals surface area contributed by atoms with Crippen LogP contribution in [0.25, 0.3) is 22.3 Å². The summed E-state index contributed by atoms with van der Waals surface area (Å²) in [6, 6.07) is 6.54. The highest BCUT2D eigenvalue weighted by Crippen LogP contribution is 2.40. The monoisotopic (exact) mass is 689 g/mol. The number of ether oxygens (including phenoxy) is 1. The molecule has 4 heterocycles. The molecule has 0 radical (unpaired) electrons. The Labute approximate surface area is 288 Å². The molecule has 15 heteroatoms. The molecule has 4 atom stereocenters. The number of pyridine rings is 2. The second-order valence-corrected chi connectivity index (χ2v) is 12.7. The molecule has 2 aliphatic rings. The number of rotatable bonds is 12. The number of carbonyl (C=O) groups excluding carboxylic acids is 5. The summed E-state index contributed by atoms with van der Waals surface area (Å²) >= 11 is 0. The SMILES string of the molecule is CCN(CCc1c2c(nc3ccccc13)-c1cc3c(c(=O)n1C2)COC(=O)[C@]3(O)CC)C(=O)CNC(=O)[C@H](C)NC(=O)[C@H](C)NC(=O)[C@H](C)N. The Morgan fingerprint density at radius 2 is 1.72 bits per heavy atom. The lowest BCUT2D eigenvalue weighted by Crippen LogP contribution is -2.54. The Morgan fingerprint density at radius 3 is 2.40 bits per heavy atom. The number of nitrogens with two attached hydrogens (primary N) is 1. The van der Waals surface area contributed by atoms with Crippen LogP contribution in [0.3, 0.4) is 0 Å². The predicted molar refractivity (Wildman–Crippen MR) is 182 cm³/mol. The van der Waals surface area contributed by atoms with E-state index in [4.69, 9.17) is 15.5 Å². The number of aromatic nitrogens is 2. The number of benzene rings is 1. The number of nitrogens with one attached hydrogen (secondary N) is 3. The van der Waals surface area contributed by atoms with Gasteiger partial charge in [-0.25, -0.2) is 9.78 Å². The number of cyclic esters (lactones) is 1. The van der Waals surface area contributed by atoms with Crippen molar-refractivity contribution in [3.05, 3.63) is 62.9 Å². The Morgan fingerprint density at radius 1 is 1.04 bits per heavy atom. The lowest BCUT2D eigenvalue weighted by atomic mass is 9.86. The van der Waals surface area contributed by atoms with Crippen LogP contribution < -0.4 is 27.2 Å². The minimum atomic E-state index is -1.94. The zero-order valence-electron chi connectivity index (χ0n) is 28.8. The van der Waals surface area contributed by atoms with Gasteiger partial charge in [-0.2, -0.15) is 0 Å². The summed E-state index contributed by atoms with van der Waals surface area (Å²) in [5.74, 6) is -2.77. The highest BCUT2D eigenvalue weighted by molar-refractivity contribution is 5.94. The molecular formula is C35H43N7O8. The van der Waals surface area contributed by atoms with Crippen LogP contribution in [0.5, 0.6) is 0 Å². The van der Waals surface area contributed by atoms with E-state index in [0.717, 1.165) is 16.5 Å².